The number of hydrogen-bond acceptors (Lipinski definition) is 0. The van der Waals surface area contributed by atoms with E-state index in [0.717, 1.165) is 5.33 Å². The summed E-state index contributed by atoms with van der Waals surface area (Å²) in [6.07, 6.45) is 0. The average Bonchev–Trinajstić information content (AvgIpc) is 2.28. The highest BCUT2D eigenvalue weighted by atomic mass is 80.0. The Balaban J connectivity index is 0.000000280. The molecule has 0 aromatic heterocycles. The van der Waals surface area contributed by atoms with Gasteiger partial charge in [0.2, 0.25) is 0 Å². The van der Waals surface area contributed by atoms with Crippen LogP contribution in [0.1, 0.15) is 11.1 Å². The Bertz CT molecular complexity index is 510. The summed E-state index contributed by atoms with van der Waals surface area (Å²) in [6, 6.07) is 12.9. The van der Waals surface area contributed by atoms with Crippen molar-refractivity contribution in [2.24, 2.45) is 0 Å². The van der Waals surface area contributed by atoms with E-state index in [1.54, 1.807) is 0 Å². The maximum Gasteiger partial charge on any atom is 0.189 e. The Morgan fingerprint density at radius 2 is 1.50 bits per heavy atom. The molecule has 0 N–H and O–H groups in total. The third-order valence-electron chi connectivity index (χ3n) is 2.45. The van der Waals surface area contributed by atoms with Crippen molar-refractivity contribution < 1.29 is 0 Å². The molecule has 0 radical (unpaired) electrons. The Morgan fingerprint density at radius 3 is 2.06 bits per heavy atom. The average molecular weight is 567 g/mol. The van der Waals surface area contributed by atoms with Gasteiger partial charge in [0.1, 0.15) is 0 Å². The summed E-state index contributed by atoms with van der Waals surface area (Å²) >= 11 is 16.0. The number of benzene rings is 2. The second kappa shape index (κ2) is 7.77. The van der Waals surface area contributed by atoms with Crippen molar-refractivity contribution in [3.05, 3.63) is 47.5 Å². The molecule has 0 bridgehead atoms. The van der Waals surface area contributed by atoms with Gasteiger partial charge in [-0.3, -0.25) is 0 Å². The van der Waals surface area contributed by atoms with Crippen molar-refractivity contribution in [1.29, 1.82) is 0 Å². The third-order valence-corrected chi connectivity index (χ3v) is 3.06. The fourth-order valence-electron chi connectivity index (χ4n) is 1.62. The number of aryl methyl sites for hydroxylation is 1. The smallest absolute Gasteiger partial charge is 0.0876 e. The van der Waals surface area contributed by atoms with Gasteiger partial charge in [0.25, 0.3) is 0 Å². The van der Waals surface area contributed by atoms with E-state index in [1.807, 2.05) is 0 Å². The summed E-state index contributed by atoms with van der Waals surface area (Å²) in [5.41, 5.74) is 2.76. The van der Waals surface area contributed by atoms with Gasteiger partial charge >= 0.3 is 0 Å². The zero-order valence-electron chi connectivity index (χ0n) is 9.56. The van der Waals surface area contributed by atoms with E-state index in [4.69, 9.17) is 0 Å². The molecule has 98 valence electrons. The van der Waals surface area contributed by atoms with Crippen LogP contribution in [-0.2, 0) is 5.33 Å². The summed E-state index contributed by atoms with van der Waals surface area (Å²) in [5, 5.41) is 3.62. The zero-order chi connectivity index (χ0) is 13.8. The van der Waals surface area contributed by atoms with Gasteiger partial charge in [0.05, 0.1) is 0 Å². The van der Waals surface area contributed by atoms with Crippen molar-refractivity contribution >= 4 is 90.4 Å². The molecule has 5 heteroatoms. The summed E-state index contributed by atoms with van der Waals surface area (Å²) in [7, 11) is 0. The lowest BCUT2D eigenvalue weighted by Crippen LogP contribution is -1.85. The second-order valence-corrected chi connectivity index (χ2v) is 15.3. The van der Waals surface area contributed by atoms with Crippen molar-refractivity contribution in [3.63, 3.8) is 0 Å². The van der Waals surface area contributed by atoms with Crippen LogP contribution in [0.2, 0.25) is 0 Å². The van der Waals surface area contributed by atoms with Gasteiger partial charge in [-0.05, 0) is 92.5 Å². The number of fused-ring (bicyclic) bond motifs is 1. The molecule has 0 unspecified atom stereocenters. The van der Waals surface area contributed by atoms with E-state index in [0.29, 0.717) is 0 Å². The maximum absolute atomic E-state index is 3.49. The van der Waals surface area contributed by atoms with Gasteiger partial charge < -0.3 is 0 Å². The van der Waals surface area contributed by atoms with Crippen molar-refractivity contribution in [2.75, 3.05) is 0 Å². The number of hydrogen-bond donors (Lipinski definition) is 0. The predicted octanol–water partition coefficient (Wildman–Crippen LogP) is 7.22. The Hall–Kier alpha value is 1.10. The minimum absolute atomic E-state index is 0.250. The highest BCUT2D eigenvalue weighted by Gasteiger charge is 2.08. The van der Waals surface area contributed by atoms with E-state index in [-0.39, 0.29) is 1.05 Å². The van der Waals surface area contributed by atoms with Crippen LogP contribution in [0.3, 0.4) is 0 Å². The summed E-state index contributed by atoms with van der Waals surface area (Å²) < 4.78 is -0.250. The van der Waals surface area contributed by atoms with Crippen LogP contribution in [0.25, 0.3) is 10.8 Å². The van der Waals surface area contributed by atoms with Crippen LogP contribution >= 0.6 is 79.6 Å². The molecule has 0 saturated heterocycles. The quantitative estimate of drug-likeness (QED) is 0.320. The molecule has 0 amide bonds. The maximum atomic E-state index is 3.49. The molecule has 0 nitrogen and oxygen atoms in total. The van der Waals surface area contributed by atoms with Crippen molar-refractivity contribution in [3.8, 4) is 0 Å². The molecule has 0 heterocycles. The van der Waals surface area contributed by atoms with E-state index >= 15 is 0 Å². The fraction of sp³-hybridized carbons (Fsp3) is 0.231. The van der Waals surface area contributed by atoms with Gasteiger partial charge in [-0.2, -0.15) is 0 Å². The Morgan fingerprint density at radius 1 is 0.944 bits per heavy atom. The highest BCUT2D eigenvalue weighted by Crippen LogP contribution is 2.39. The lowest BCUT2D eigenvalue weighted by atomic mass is 10.0. The second-order valence-electron chi connectivity index (χ2n) is 3.63. The van der Waals surface area contributed by atoms with E-state index in [9.17, 15) is 0 Å². The molecule has 0 aliphatic heterocycles. The third kappa shape index (κ3) is 6.04. The number of rotatable bonds is 1. The van der Waals surface area contributed by atoms with Gasteiger partial charge in [-0.1, -0.05) is 52.3 Å². The van der Waals surface area contributed by atoms with E-state index in [2.05, 4.69) is 123 Å². The van der Waals surface area contributed by atoms with Gasteiger partial charge in [-0.15, -0.1) is 0 Å². The first-order chi connectivity index (χ1) is 8.33. The van der Waals surface area contributed by atoms with Crippen molar-refractivity contribution in [1.82, 2.24) is 0 Å². The number of halogens is 5. The van der Waals surface area contributed by atoms with Crippen LogP contribution in [0, 0.1) is 6.92 Å². The van der Waals surface area contributed by atoms with E-state index in [1.165, 1.54) is 21.9 Å². The van der Waals surface area contributed by atoms with Crippen LogP contribution in [0.4, 0.5) is 0 Å². The lowest BCUT2D eigenvalue weighted by molar-refractivity contribution is 1.36. The minimum Gasteiger partial charge on any atom is -0.0876 e. The molecule has 0 fully saturated rings. The monoisotopic (exact) mass is 562 g/mol. The molecule has 0 aliphatic rings. The molecule has 0 atom stereocenters. The van der Waals surface area contributed by atoms with Gasteiger partial charge in [0, 0.05) is 5.33 Å². The standard InChI is InChI=1S/C12H11Br.CBr4/c1-9-11(8-13)7-6-10-4-2-3-5-12(9)10;2-1(3,4)5/h2-7H,8H2,1H3;. The number of alkyl halides is 5. The minimum atomic E-state index is -0.250. The first-order valence-corrected chi connectivity index (χ1v) is 9.41. The van der Waals surface area contributed by atoms with Crippen molar-refractivity contribution in [2.45, 2.75) is 13.3 Å². The van der Waals surface area contributed by atoms with Gasteiger partial charge in [-0.25, -0.2) is 0 Å². The molecule has 0 saturated carbocycles. The summed E-state index contributed by atoms with van der Waals surface area (Å²) in [6.45, 7) is 2.18. The van der Waals surface area contributed by atoms with Gasteiger partial charge in [0.15, 0.2) is 1.05 Å². The lowest BCUT2D eigenvalue weighted by Gasteiger charge is -2.06. The Kier molecular flexibility index (Phi) is 7.40. The molecular formula is C13H11Br5. The zero-order valence-corrected chi connectivity index (χ0v) is 17.5. The molecule has 0 aliphatic carbocycles. The predicted molar refractivity (Wildman–Crippen MR) is 99.8 cm³/mol. The molecule has 2 aromatic rings. The molecule has 2 aromatic carbocycles. The molecule has 18 heavy (non-hydrogen) atoms. The normalized spacial score (nSPS) is 11.0. The molecule has 2 rings (SSSR count). The van der Waals surface area contributed by atoms with Crippen LogP contribution in [0.15, 0.2) is 36.4 Å². The fourth-order valence-corrected chi connectivity index (χ4v) is 2.22. The summed E-state index contributed by atoms with van der Waals surface area (Å²) in [5.74, 6) is 0. The highest BCUT2D eigenvalue weighted by molar-refractivity contribution is 9.52. The Labute approximate surface area is 150 Å². The topological polar surface area (TPSA) is 0 Å². The first-order valence-electron chi connectivity index (χ1n) is 5.11. The molecule has 0 spiro atoms. The SMILES string of the molecule is BrC(Br)(Br)Br.Cc1c(CBr)ccc2ccccc12. The van der Waals surface area contributed by atoms with Crippen LogP contribution in [-0.4, -0.2) is 1.05 Å². The molecular weight excluding hydrogens is 556 g/mol. The van der Waals surface area contributed by atoms with Crippen LogP contribution in [0.5, 0.6) is 0 Å². The first kappa shape index (κ1) is 17.2. The summed E-state index contributed by atoms with van der Waals surface area (Å²) in [4.78, 5) is 0. The largest absolute Gasteiger partial charge is 0.189 e. The van der Waals surface area contributed by atoms with E-state index < -0.39 is 0 Å². The van der Waals surface area contributed by atoms with Crippen LogP contribution < -0.4 is 0 Å².